The topological polar surface area (TPSA) is 99.2 Å². The van der Waals surface area contributed by atoms with Crippen LogP contribution in [0.2, 0.25) is 0 Å². The molecule has 0 bridgehead atoms. The van der Waals surface area contributed by atoms with E-state index in [1.807, 2.05) is 12.1 Å². The van der Waals surface area contributed by atoms with Crippen LogP contribution in [-0.4, -0.2) is 42.0 Å². The number of halogens is 1. The molecule has 1 heterocycles. The number of carbonyl (C=O) groups is 4. The fourth-order valence-electron chi connectivity index (χ4n) is 3.56. The highest BCUT2D eigenvalue weighted by Gasteiger charge is 2.39. The van der Waals surface area contributed by atoms with Gasteiger partial charge in [0, 0.05) is 11.5 Å². The third kappa shape index (κ3) is 7.68. The largest absolute Gasteiger partial charge is 0.460 e. The Hall–Kier alpha value is -3.65. The zero-order chi connectivity index (χ0) is 25.0. The maximum atomic E-state index is 13.0. The number of allylic oxidation sites excluding steroid dienone is 1. The molecule has 1 aliphatic rings. The lowest BCUT2D eigenvalue weighted by molar-refractivity contribution is -0.164. The molecule has 35 heavy (non-hydrogen) atoms. The predicted octanol–water partition coefficient (Wildman–Crippen LogP) is 4.22. The van der Waals surface area contributed by atoms with E-state index in [0.29, 0.717) is 0 Å². The van der Waals surface area contributed by atoms with Gasteiger partial charge in [0.2, 0.25) is 5.91 Å². The molecule has 1 saturated heterocycles. The summed E-state index contributed by atoms with van der Waals surface area (Å²) in [4.78, 5) is 51.9. The summed E-state index contributed by atoms with van der Waals surface area (Å²) in [5.74, 6) is -4.46. The highest BCUT2D eigenvalue weighted by molar-refractivity contribution is 6.25. The van der Waals surface area contributed by atoms with Crippen molar-refractivity contribution in [1.29, 1.82) is 0 Å². The van der Waals surface area contributed by atoms with Crippen molar-refractivity contribution in [1.82, 2.24) is 4.90 Å². The van der Waals surface area contributed by atoms with Crippen molar-refractivity contribution in [2.24, 2.45) is 11.8 Å². The average Bonchev–Trinajstić information content (AvgIpc) is 3.32. The minimum absolute atomic E-state index is 0.0409. The molecular weight excluding hydrogens is 474 g/mol. The standard InChI is InChI=1S/C26H26ClNO7/c27-13-7-12-21(23(29)28-14-15-33-26(28)32)16-22(24(30)34-17-19-8-3-1-4-9-19)25(31)35-18-20-10-5-2-6-11-20/h1-11,13,21-22H,12,14-18H2/b13-7-. The summed E-state index contributed by atoms with van der Waals surface area (Å²) in [6, 6.07) is 18.0. The van der Waals surface area contributed by atoms with Crippen molar-refractivity contribution >= 4 is 35.5 Å². The van der Waals surface area contributed by atoms with Crippen LogP contribution in [0, 0.1) is 11.8 Å². The lowest BCUT2D eigenvalue weighted by Crippen LogP contribution is -2.39. The number of imide groups is 1. The molecule has 0 N–H and O–H groups in total. The fraction of sp³-hybridized carbons (Fsp3) is 0.308. The average molecular weight is 500 g/mol. The Kier molecular flexibility index (Phi) is 9.86. The molecule has 0 saturated carbocycles. The number of amides is 2. The van der Waals surface area contributed by atoms with E-state index in [0.717, 1.165) is 16.0 Å². The van der Waals surface area contributed by atoms with Crippen molar-refractivity contribution in [3.63, 3.8) is 0 Å². The summed E-state index contributed by atoms with van der Waals surface area (Å²) in [6.07, 6.45) is 0.656. The molecule has 0 aliphatic carbocycles. The van der Waals surface area contributed by atoms with Crippen LogP contribution in [0.15, 0.2) is 72.3 Å². The van der Waals surface area contributed by atoms with Crippen molar-refractivity contribution in [3.8, 4) is 0 Å². The van der Waals surface area contributed by atoms with E-state index in [1.165, 1.54) is 11.6 Å². The Labute approximate surface area is 208 Å². The normalized spacial score (nSPS) is 14.1. The van der Waals surface area contributed by atoms with Crippen LogP contribution in [0.25, 0.3) is 0 Å². The molecule has 1 atom stereocenters. The van der Waals surface area contributed by atoms with Gasteiger partial charge in [-0.1, -0.05) is 78.3 Å². The van der Waals surface area contributed by atoms with Gasteiger partial charge in [0.15, 0.2) is 5.92 Å². The first-order chi connectivity index (χ1) is 17.0. The lowest BCUT2D eigenvalue weighted by Gasteiger charge is -2.23. The molecule has 2 amide bonds. The van der Waals surface area contributed by atoms with Gasteiger partial charge >= 0.3 is 18.0 Å². The van der Waals surface area contributed by atoms with Crippen LogP contribution in [0.4, 0.5) is 4.79 Å². The van der Waals surface area contributed by atoms with Gasteiger partial charge in [-0.05, 0) is 24.0 Å². The molecule has 0 radical (unpaired) electrons. The number of carbonyl (C=O) groups excluding carboxylic acids is 4. The quantitative estimate of drug-likeness (QED) is 0.259. The van der Waals surface area contributed by atoms with Crippen molar-refractivity contribution in [3.05, 3.63) is 83.4 Å². The molecule has 1 unspecified atom stereocenters. The number of nitrogens with zero attached hydrogens (tertiary/aromatic N) is 1. The van der Waals surface area contributed by atoms with Crippen molar-refractivity contribution in [2.75, 3.05) is 13.2 Å². The summed E-state index contributed by atoms with van der Waals surface area (Å²) < 4.78 is 15.6. The van der Waals surface area contributed by atoms with E-state index in [1.54, 1.807) is 48.5 Å². The summed E-state index contributed by atoms with van der Waals surface area (Å²) in [5, 5.41) is 0. The Bertz CT molecular complexity index is 987. The molecule has 2 aromatic rings. The van der Waals surface area contributed by atoms with E-state index in [4.69, 9.17) is 25.8 Å². The number of esters is 2. The molecule has 0 spiro atoms. The second-order valence-corrected chi connectivity index (χ2v) is 8.13. The summed E-state index contributed by atoms with van der Waals surface area (Å²) >= 11 is 5.66. The molecule has 1 fully saturated rings. The van der Waals surface area contributed by atoms with Crippen LogP contribution in [-0.2, 0) is 41.8 Å². The molecule has 184 valence electrons. The maximum absolute atomic E-state index is 13.0. The Morgan fingerprint density at radius 2 is 1.49 bits per heavy atom. The van der Waals surface area contributed by atoms with Crippen LogP contribution in [0.5, 0.6) is 0 Å². The van der Waals surface area contributed by atoms with Crippen molar-refractivity contribution < 1.29 is 33.4 Å². The van der Waals surface area contributed by atoms with E-state index in [9.17, 15) is 19.2 Å². The first kappa shape index (κ1) is 26.0. The molecular formula is C26H26ClNO7. The number of cyclic esters (lactones) is 1. The number of hydrogen-bond acceptors (Lipinski definition) is 7. The fourth-order valence-corrected chi connectivity index (χ4v) is 3.66. The van der Waals surface area contributed by atoms with E-state index >= 15 is 0 Å². The Balaban J connectivity index is 1.76. The minimum atomic E-state index is -1.38. The zero-order valence-corrected chi connectivity index (χ0v) is 19.8. The molecule has 9 heteroatoms. The first-order valence-corrected chi connectivity index (χ1v) is 11.6. The highest BCUT2D eigenvalue weighted by Crippen LogP contribution is 2.24. The second kappa shape index (κ2) is 13.3. The zero-order valence-electron chi connectivity index (χ0n) is 19.0. The number of hydrogen-bond donors (Lipinski definition) is 0. The lowest BCUT2D eigenvalue weighted by atomic mass is 9.90. The molecule has 1 aliphatic heterocycles. The van der Waals surface area contributed by atoms with Crippen LogP contribution in [0.3, 0.4) is 0 Å². The van der Waals surface area contributed by atoms with Gasteiger partial charge in [0.05, 0.1) is 6.54 Å². The van der Waals surface area contributed by atoms with Gasteiger partial charge in [-0.3, -0.25) is 14.4 Å². The van der Waals surface area contributed by atoms with Crippen LogP contribution < -0.4 is 0 Å². The minimum Gasteiger partial charge on any atom is -0.460 e. The number of benzene rings is 2. The van der Waals surface area contributed by atoms with Gasteiger partial charge in [0.1, 0.15) is 19.8 Å². The third-order valence-electron chi connectivity index (χ3n) is 5.42. The Morgan fingerprint density at radius 1 is 0.943 bits per heavy atom. The SMILES string of the molecule is O=C(OCc1ccccc1)C(CC(C/C=C\Cl)C(=O)N1CCOC1=O)C(=O)OCc1ccccc1. The number of ether oxygens (including phenoxy) is 3. The third-order valence-corrected chi connectivity index (χ3v) is 5.60. The van der Waals surface area contributed by atoms with Gasteiger partial charge in [0.25, 0.3) is 0 Å². The number of rotatable bonds is 11. The maximum Gasteiger partial charge on any atom is 0.416 e. The van der Waals surface area contributed by atoms with Gasteiger partial charge in [-0.2, -0.15) is 0 Å². The smallest absolute Gasteiger partial charge is 0.416 e. The van der Waals surface area contributed by atoms with E-state index in [2.05, 4.69) is 0 Å². The summed E-state index contributed by atoms with van der Waals surface area (Å²) in [6.45, 7) is 0.103. The molecule has 3 rings (SSSR count). The summed E-state index contributed by atoms with van der Waals surface area (Å²) in [7, 11) is 0. The van der Waals surface area contributed by atoms with E-state index < -0.39 is 35.8 Å². The predicted molar refractivity (Wildman–Crippen MR) is 127 cm³/mol. The van der Waals surface area contributed by atoms with Crippen LogP contribution >= 0.6 is 11.6 Å². The first-order valence-electron chi connectivity index (χ1n) is 11.1. The van der Waals surface area contributed by atoms with E-state index in [-0.39, 0.29) is 39.2 Å². The molecule has 2 aromatic carbocycles. The highest BCUT2D eigenvalue weighted by atomic mass is 35.5. The molecule has 0 aromatic heterocycles. The van der Waals surface area contributed by atoms with Gasteiger partial charge < -0.3 is 14.2 Å². The van der Waals surface area contributed by atoms with Gasteiger partial charge in [-0.15, -0.1) is 0 Å². The molecule has 8 nitrogen and oxygen atoms in total. The second-order valence-electron chi connectivity index (χ2n) is 7.87. The van der Waals surface area contributed by atoms with Crippen LogP contribution in [0.1, 0.15) is 24.0 Å². The monoisotopic (exact) mass is 499 g/mol. The summed E-state index contributed by atoms with van der Waals surface area (Å²) in [5.41, 5.74) is 2.73. The van der Waals surface area contributed by atoms with Crippen molar-refractivity contribution in [2.45, 2.75) is 26.1 Å². The van der Waals surface area contributed by atoms with Gasteiger partial charge in [-0.25, -0.2) is 9.69 Å². The Morgan fingerprint density at radius 3 is 1.94 bits per heavy atom.